The summed E-state index contributed by atoms with van der Waals surface area (Å²) in [5.74, 6) is 1.19. The van der Waals surface area contributed by atoms with Gasteiger partial charge >= 0.3 is 0 Å². The van der Waals surface area contributed by atoms with Gasteiger partial charge < -0.3 is 20.3 Å². The third kappa shape index (κ3) is 8.77. The van der Waals surface area contributed by atoms with Gasteiger partial charge in [0.25, 0.3) is 0 Å². The molecule has 4 nitrogen and oxygen atoms in total. The zero-order valence-corrected chi connectivity index (χ0v) is 13.9. The fraction of sp³-hybridized carbons (Fsp3) is 1.00. The molecule has 1 aliphatic rings. The van der Waals surface area contributed by atoms with Gasteiger partial charge in [0.1, 0.15) is 0 Å². The molecule has 0 spiro atoms. The van der Waals surface area contributed by atoms with Gasteiger partial charge in [-0.15, -0.1) is 0 Å². The zero-order chi connectivity index (χ0) is 15.5. The molecule has 0 aliphatic heterocycles. The SMILES string of the molecule is CCCCC(CC)COCC(O)CNCC1CCC(O)C1. The number of nitrogens with one attached hydrogen (secondary N) is 1. The number of aliphatic hydroxyl groups is 2. The molecule has 0 saturated heterocycles. The molecular formula is C17H35NO3. The molecule has 4 atom stereocenters. The third-order valence-electron chi connectivity index (χ3n) is 4.53. The van der Waals surface area contributed by atoms with E-state index in [1.54, 1.807) is 0 Å². The van der Waals surface area contributed by atoms with E-state index in [-0.39, 0.29) is 6.10 Å². The maximum absolute atomic E-state index is 9.90. The molecule has 1 saturated carbocycles. The van der Waals surface area contributed by atoms with Crippen LogP contribution >= 0.6 is 0 Å². The van der Waals surface area contributed by atoms with Crippen molar-refractivity contribution < 1.29 is 14.9 Å². The molecule has 0 amide bonds. The number of hydrogen-bond donors (Lipinski definition) is 3. The molecule has 0 heterocycles. The Labute approximate surface area is 130 Å². The summed E-state index contributed by atoms with van der Waals surface area (Å²) in [6, 6.07) is 0. The van der Waals surface area contributed by atoms with Crippen molar-refractivity contribution >= 4 is 0 Å². The lowest BCUT2D eigenvalue weighted by molar-refractivity contribution is 0.0190. The lowest BCUT2D eigenvalue weighted by Crippen LogP contribution is -2.33. The summed E-state index contributed by atoms with van der Waals surface area (Å²) < 4.78 is 5.66. The second-order valence-corrected chi connectivity index (χ2v) is 6.60. The van der Waals surface area contributed by atoms with Crippen LogP contribution in [-0.4, -0.2) is 48.7 Å². The molecular weight excluding hydrogens is 266 g/mol. The van der Waals surface area contributed by atoms with Gasteiger partial charge in [-0.05, 0) is 44.1 Å². The number of hydrogen-bond acceptors (Lipinski definition) is 4. The monoisotopic (exact) mass is 301 g/mol. The Morgan fingerprint density at radius 2 is 2.05 bits per heavy atom. The van der Waals surface area contributed by atoms with Crippen molar-refractivity contribution in [2.75, 3.05) is 26.3 Å². The third-order valence-corrected chi connectivity index (χ3v) is 4.53. The second-order valence-electron chi connectivity index (χ2n) is 6.60. The predicted octanol–water partition coefficient (Wildman–Crippen LogP) is 2.33. The molecule has 0 aromatic carbocycles. The van der Waals surface area contributed by atoms with Crippen LogP contribution in [0, 0.1) is 11.8 Å². The van der Waals surface area contributed by atoms with Gasteiger partial charge in [-0.3, -0.25) is 0 Å². The Kier molecular flexibility index (Phi) is 10.3. The number of rotatable bonds is 12. The maximum atomic E-state index is 9.90. The molecule has 0 radical (unpaired) electrons. The molecule has 0 bridgehead atoms. The Morgan fingerprint density at radius 1 is 1.24 bits per heavy atom. The lowest BCUT2D eigenvalue weighted by Gasteiger charge is -2.18. The minimum Gasteiger partial charge on any atom is -0.393 e. The highest BCUT2D eigenvalue weighted by atomic mass is 16.5. The zero-order valence-electron chi connectivity index (χ0n) is 13.9. The summed E-state index contributed by atoms with van der Waals surface area (Å²) in [5, 5.41) is 22.7. The molecule has 4 heteroatoms. The fourth-order valence-corrected chi connectivity index (χ4v) is 3.02. The van der Waals surface area contributed by atoms with Crippen molar-refractivity contribution in [2.24, 2.45) is 11.8 Å². The van der Waals surface area contributed by atoms with Gasteiger partial charge in [-0.1, -0.05) is 33.1 Å². The highest BCUT2D eigenvalue weighted by Crippen LogP contribution is 2.24. The van der Waals surface area contributed by atoms with E-state index in [1.807, 2.05) is 0 Å². The quantitative estimate of drug-likeness (QED) is 0.518. The Balaban J connectivity index is 1.98. The molecule has 3 N–H and O–H groups in total. The van der Waals surface area contributed by atoms with Crippen molar-refractivity contribution in [2.45, 2.75) is 71.0 Å². The van der Waals surface area contributed by atoms with Gasteiger partial charge in [0, 0.05) is 13.2 Å². The first-order valence-corrected chi connectivity index (χ1v) is 8.80. The van der Waals surface area contributed by atoms with E-state index in [9.17, 15) is 10.2 Å². The minimum absolute atomic E-state index is 0.112. The normalized spacial score (nSPS) is 25.1. The van der Waals surface area contributed by atoms with Gasteiger partial charge in [0.05, 0.1) is 18.8 Å². The molecule has 1 rings (SSSR count). The predicted molar refractivity (Wildman–Crippen MR) is 86.3 cm³/mol. The number of aliphatic hydroxyl groups excluding tert-OH is 2. The van der Waals surface area contributed by atoms with Gasteiger partial charge in [-0.2, -0.15) is 0 Å². The summed E-state index contributed by atoms with van der Waals surface area (Å²) in [5.41, 5.74) is 0. The Hall–Kier alpha value is -0.160. The van der Waals surface area contributed by atoms with Crippen LogP contribution in [0.4, 0.5) is 0 Å². The van der Waals surface area contributed by atoms with Crippen molar-refractivity contribution in [1.29, 1.82) is 0 Å². The second kappa shape index (κ2) is 11.4. The highest BCUT2D eigenvalue weighted by Gasteiger charge is 2.22. The topological polar surface area (TPSA) is 61.7 Å². The van der Waals surface area contributed by atoms with E-state index in [4.69, 9.17) is 4.74 Å². The van der Waals surface area contributed by atoms with Crippen molar-refractivity contribution in [3.8, 4) is 0 Å². The average molecular weight is 301 g/mol. The first-order chi connectivity index (χ1) is 10.2. The van der Waals surface area contributed by atoms with Crippen LogP contribution in [0.15, 0.2) is 0 Å². The van der Waals surface area contributed by atoms with Crippen LogP contribution in [0.2, 0.25) is 0 Å². The van der Waals surface area contributed by atoms with E-state index in [1.165, 1.54) is 19.3 Å². The first kappa shape index (κ1) is 18.9. The first-order valence-electron chi connectivity index (χ1n) is 8.80. The van der Waals surface area contributed by atoms with Gasteiger partial charge in [0.15, 0.2) is 0 Å². The van der Waals surface area contributed by atoms with Gasteiger partial charge in [-0.25, -0.2) is 0 Å². The minimum atomic E-state index is -0.431. The smallest absolute Gasteiger partial charge is 0.0897 e. The fourth-order valence-electron chi connectivity index (χ4n) is 3.02. The van der Waals surface area contributed by atoms with Crippen LogP contribution < -0.4 is 5.32 Å². The number of ether oxygens (including phenoxy) is 1. The highest BCUT2D eigenvalue weighted by molar-refractivity contribution is 4.76. The summed E-state index contributed by atoms with van der Waals surface area (Å²) >= 11 is 0. The van der Waals surface area contributed by atoms with Crippen LogP contribution in [0.5, 0.6) is 0 Å². The molecule has 1 fully saturated rings. The van der Waals surface area contributed by atoms with Crippen molar-refractivity contribution in [1.82, 2.24) is 5.32 Å². The lowest BCUT2D eigenvalue weighted by atomic mass is 10.0. The van der Waals surface area contributed by atoms with E-state index < -0.39 is 6.10 Å². The van der Waals surface area contributed by atoms with E-state index >= 15 is 0 Å². The van der Waals surface area contributed by atoms with E-state index in [0.717, 1.165) is 38.8 Å². The van der Waals surface area contributed by atoms with Crippen molar-refractivity contribution in [3.05, 3.63) is 0 Å². The van der Waals surface area contributed by atoms with Gasteiger partial charge in [0.2, 0.25) is 0 Å². The van der Waals surface area contributed by atoms with Crippen LogP contribution in [-0.2, 0) is 4.74 Å². The summed E-state index contributed by atoms with van der Waals surface area (Å²) in [7, 11) is 0. The largest absolute Gasteiger partial charge is 0.393 e. The molecule has 4 unspecified atom stereocenters. The Bertz CT molecular complexity index is 250. The summed E-state index contributed by atoms with van der Waals surface area (Å²) in [4.78, 5) is 0. The molecule has 0 aromatic rings. The van der Waals surface area contributed by atoms with Crippen molar-refractivity contribution in [3.63, 3.8) is 0 Å². The molecule has 1 aliphatic carbocycles. The van der Waals surface area contributed by atoms with Crippen LogP contribution in [0.1, 0.15) is 58.8 Å². The molecule has 126 valence electrons. The number of unbranched alkanes of at least 4 members (excludes halogenated alkanes) is 1. The standard InChI is InChI=1S/C17H35NO3/c1-3-5-6-14(4-2)12-21-13-17(20)11-18-10-15-7-8-16(19)9-15/h14-20H,3-13H2,1-2H3. The maximum Gasteiger partial charge on any atom is 0.0897 e. The van der Waals surface area contributed by atoms with E-state index in [0.29, 0.717) is 25.0 Å². The summed E-state index contributed by atoms with van der Waals surface area (Å²) in [6.07, 6.45) is 7.25. The van der Waals surface area contributed by atoms with Crippen LogP contribution in [0.3, 0.4) is 0 Å². The van der Waals surface area contributed by atoms with Crippen LogP contribution in [0.25, 0.3) is 0 Å². The molecule has 0 aromatic heterocycles. The van der Waals surface area contributed by atoms with E-state index in [2.05, 4.69) is 19.2 Å². The molecule has 21 heavy (non-hydrogen) atoms. The summed E-state index contributed by atoms with van der Waals surface area (Å²) in [6.45, 7) is 7.08. The Morgan fingerprint density at radius 3 is 2.67 bits per heavy atom. The average Bonchev–Trinajstić information content (AvgIpc) is 2.88.